The van der Waals surface area contributed by atoms with Crippen molar-refractivity contribution in [3.05, 3.63) is 34.9 Å². The number of carbonyl (C=O) groups excluding carboxylic acids is 1. The Morgan fingerprint density at radius 1 is 1.53 bits per heavy atom. The zero-order chi connectivity index (χ0) is 12.4. The van der Waals surface area contributed by atoms with Crippen molar-refractivity contribution in [3.63, 3.8) is 0 Å². The number of amides is 1. The molecule has 2 rings (SSSR count). The molecule has 1 aliphatic rings. The predicted molar refractivity (Wildman–Crippen MR) is 68.9 cm³/mol. The molecular weight excluding hydrogens is 236 g/mol. The van der Waals surface area contributed by atoms with Crippen LogP contribution < -0.4 is 5.73 Å². The number of rotatable bonds is 2. The Balaban J connectivity index is 1.98. The lowest BCUT2D eigenvalue weighted by atomic mass is 10.1. The van der Waals surface area contributed by atoms with Crippen LogP contribution in [-0.4, -0.2) is 29.9 Å². The highest BCUT2D eigenvalue weighted by molar-refractivity contribution is 6.30. The highest BCUT2D eigenvalue weighted by atomic mass is 35.5. The summed E-state index contributed by atoms with van der Waals surface area (Å²) < 4.78 is 0. The first-order chi connectivity index (χ1) is 8.06. The van der Waals surface area contributed by atoms with Crippen molar-refractivity contribution in [1.82, 2.24) is 4.90 Å². The lowest BCUT2D eigenvalue weighted by Crippen LogP contribution is -2.33. The Bertz CT molecular complexity index is 412. The van der Waals surface area contributed by atoms with Crippen molar-refractivity contribution in [2.75, 3.05) is 13.1 Å². The van der Waals surface area contributed by atoms with E-state index in [9.17, 15) is 4.79 Å². The molecule has 1 saturated heterocycles. The molecule has 3 nitrogen and oxygen atoms in total. The standard InChI is InChI=1S/C13H17ClN2O/c1-9-7-16(8-12(9)15)13(17)6-10-3-2-4-11(14)5-10/h2-5,9,12H,6-8,15H2,1H3. The Kier molecular flexibility index (Phi) is 3.69. The number of likely N-dealkylation sites (tertiary alicyclic amines) is 1. The number of benzene rings is 1. The van der Waals surface area contributed by atoms with Crippen molar-refractivity contribution < 1.29 is 4.79 Å². The van der Waals surface area contributed by atoms with Gasteiger partial charge in [-0.2, -0.15) is 0 Å². The van der Waals surface area contributed by atoms with E-state index in [1.165, 1.54) is 0 Å². The van der Waals surface area contributed by atoms with E-state index < -0.39 is 0 Å². The van der Waals surface area contributed by atoms with Crippen molar-refractivity contribution in [2.24, 2.45) is 11.7 Å². The van der Waals surface area contributed by atoms with Gasteiger partial charge in [-0.25, -0.2) is 0 Å². The van der Waals surface area contributed by atoms with E-state index in [1.54, 1.807) is 0 Å². The first-order valence-electron chi connectivity index (χ1n) is 5.84. The second-order valence-electron chi connectivity index (χ2n) is 4.75. The van der Waals surface area contributed by atoms with E-state index in [-0.39, 0.29) is 11.9 Å². The van der Waals surface area contributed by atoms with Crippen LogP contribution in [0.2, 0.25) is 5.02 Å². The number of nitrogens with two attached hydrogens (primary N) is 1. The van der Waals surface area contributed by atoms with E-state index in [0.29, 0.717) is 23.9 Å². The molecule has 0 aromatic heterocycles. The lowest BCUT2D eigenvalue weighted by Gasteiger charge is -2.15. The number of carbonyl (C=O) groups is 1. The third kappa shape index (κ3) is 2.99. The highest BCUT2D eigenvalue weighted by Crippen LogP contribution is 2.17. The molecule has 0 radical (unpaired) electrons. The Morgan fingerprint density at radius 3 is 2.88 bits per heavy atom. The van der Waals surface area contributed by atoms with Crippen molar-refractivity contribution in [1.29, 1.82) is 0 Å². The number of hydrogen-bond acceptors (Lipinski definition) is 2. The largest absolute Gasteiger partial charge is 0.341 e. The molecule has 17 heavy (non-hydrogen) atoms. The van der Waals surface area contributed by atoms with Crippen LogP contribution in [0.15, 0.2) is 24.3 Å². The van der Waals surface area contributed by atoms with Gasteiger partial charge >= 0.3 is 0 Å². The maximum Gasteiger partial charge on any atom is 0.227 e. The van der Waals surface area contributed by atoms with Gasteiger partial charge in [-0.15, -0.1) is 0 Å². The fourth-order valence-electron chi connectivity index (χ4n) is 2.13. The maximum atomic E-state index is 12.0. The quantitative estimate of drug-likeness (QED) is 0.871. The summed E-state index contributed by atoms with van der Waals surface area (Å²) in [6, 6.07) is 7.53. The lowest BCUT2D eigenvalue weighted by molar-refractivity contribution is -0.129. The van der Waals surface area contributed by atoms with E-state index >= 15 is 0 Å². The Morgan fingerprint density at radius 2 is 2.29 bits per heavy atom. The summed E-state index contributed by atoms with van der Waals surface area (Å²) in [4.78, 5) is 13.9. The van der Waals surface area contributed by atoms with Gasteiger partial charge in [0.05, 0.1) is 6.42 Å². The van der Waals surface area contributed by atoms with Gasteiger partial charge in [0, 0.05) is 24.2 Å². The molecule has 1 fully saturated rings. The average molecular weight is 253 g/mol. The molecule has 2 atom stereocenters. The molecular formula is C13H17ClN2O. The van der Waals surface area contributed by atoms with Crippen LogP contribution in [0, 0.1) is 5.92 Å². The van der Waals surface area contributed by atoms with Crippen LogP contribution >= 0.6 is 11.6 Å². The summed E-state index contributed by atoms with van der Waals surface area (Å²) >= 11 is 5.89. The third-order valence-electron chi connectivity index (χ3n) is 3.27. The van der Waals surface area contributed by atoms with Gasteiger partial charge in [-0.3, -0.25) is 4.79 Å². The molecule has 1 aromatic rings. The fourth-order valence-corrected chi connectivity index (χ4v) is 2.34. The van der Waals surface area contributed by atoms with Crippen LogP contribution in [0.4, 0.5) is 0 Å². The second kappa shape index (κ2) is 5.07. The zero-order valence-electron chi connectivity index (χ0n) is 9.90. The Labute approximate surface area is 107 Å². The van der Waals surface area contributed by atoms with E-state index in [4.69, 9.17) is 17.3 Å². The normalized spacial score (nSPS) is 24.1. The van der Waals surface area contributed by atoms with Gasteiger partial charge in [0.25, 0.3) is 0 Å². The van der Waals surface area contributed by atoms with E-state index in [1.807, 2.05) is 29.2 Å². The molecule has 2 N–H and O–H groups in total. The number of nitrogens with zero attached hydrogens (tertiary/aromatic N) is 1. The molecule has 1 aromatic carbocycles. The molecule has 0 spiro atoms. The van der Waals surface area contributed by atoms with Gasteiger partial charge in [0.1, 0.15) is 0 Å². The molecule has 0 saturated carbocycles. The third-order valence-corrected chi connectivity index (χ3v) is 3.50. The molecule has 1 heterocycles. The van der Waals surface area contributed by atoms with Crippen molar-refractivity contribution in [2.45, 2.75) is 19.4 Å². The number of halogens is 1. The smallest absolute Gasteiger partial charge is 0.227 e. The van der Waals surface area contributed by atoms with Crippen molar-refractivity contribution >= 4 is 17.5 Å². The zero-order valence-corrected chi connectivity index (χ0v) is 10.7. The molecule has 92 valence electrons. The minimum absolute atomic E-state index is 0.110. The summed E-state index contributed by atoms with van der Waals surface area (Å²) in [7, 11) is 0. The minimum Gasteiger partial charge on any atom is -0.341 e. The predicted octanol–water partition coefficient (Wildman–Crippen LogP) is 1.69. The van der Waals surface area contributed by atoms with Crippen LogP contribution in [0.3, 0.4) is 0 Å². The molecule has 0 bridgehead atoms. The molecule has 1 aliphatic heterocycles. The summed E-state index contributed by atoms with van der Waals surface area (Å²) in [5.41, 5.74) is 6.86. The van der Waals surface area contributed by atoms with Gasteiger partial charge in [-0.05, 0) is 23.6 Å². The Hall–Kier alpha value is -1.06. The van der Waals surface area contributed by atoms with Gasteiger partial charge in [-0.1, -0.05) is 30.7 Å². The first-order valence-corrected chi connectivity index (χ1v) is 6.22. The van der Waals surface area contributed by atoms with Crippen LogP contribution in [0.5, 0.6) is 0 Å². The van der Waals surface area contributed by atoms with Gasteiger partial charge < -0.3 is 10.6 Å². The fraction of sp³-hybridized carbons (Fsp3) is 0.462. The van der Waals surface area contributed by atoms with Crippen LogP contribution in [0.25, 0.3) is 0 Å². The topological polar surface area (TPSA) is 46.3 Å². The first kappa shape index (κ1) is 12.4. The molecule has 0 aliphatic carbocycles. The van der Waals surface area contributed by atoms with E-state index in [2.05, 4.69) is 6.92 Å². The summed E-state index contributed by atoms with van der Waals surface area (Å²) in [5, 5.41) is 0.668. The summed E-state index contributed by atoms with van der Waals surface area (Å²) in [5.74, 6) is 0.519. The monoisotopic (exact) mass is 252 g/mol. The summed E-state index contributed by atoms with van der Waals surface area (Å²) in [6.07, 6.45) is 0.403. The van der Waals surface area contributed by atoms with Crippen LogP contribution in [-0.2, 0) is 11.2 Å². The molecule has 2 unspecified atom stereocenters. The molecule has 4 heteroatoms. The average Bonchev–Trinajstić information content (AvgIpc) is 2.59. The maximum absolute atomic E-state index is 12.0. The second-order valence-corrected chi connectivity index (χ2v) is 5.18. The van der Waals surface area contributed by atoms with Crippen LogP contribution in [0.1, 0.15) is 12.5 Å². The van der Waals surface area contributed by atoms with Gasteiger partial charge in [0.15, 0.2) is 0 Å². The number of hydrogen-bond donors (Lipinski definition) is 1. The highest BCUT2D eigenvalue weighted by Gasteiger charge is 2.29. The van der Waals surface area contributed by atoms with E-state index in [0.717, 1.165) is 12.1 Å². The van der Waals surface area contributed by atoms with Crippen molar-refractivity contribution in [3.8, 4) is 0 Å². The molecule has 1 amide bonds. The minimum atomic E-state index is 0.110. The SMILES string of the molecule is CC1CN(C(=O)Cc2cccc(Cl)c2)CC1N. The van der Waals surface area contributed by atoms with Gasteiger partial charge in [0.2, 0.25) is 5.91 Å². The summed E-state index contributed by atoms with van der Waals surface area (Å²) in [6.45, 7) is 3.51.